The largest absolute Gasteiger partial charge is 0.506 e. The van der Waals surface area contributed by atoms with Crippen molar-refractivity contribution in [2.75, 3.05) is 6.61 Å². The number of thioether (sulfide) groups is 1. The molecule has 0 aliphatic carbocycles. The normalized spacial score (nSPS) is 15.6. The van der Waals surface area contributed by atoms with E-state index in [1.54, 1.807) is 25.1 Å². The molecule has 4 rings (SSSR count). The maximum Gasteiger partial charge on any atom is 0.344 e. The highest BCUT2D eigenvalue weighted by molar-refractivity contribution is 14.1. The number of para-hydroxylation sites is 1. The molecular formula is C27H20BrFINO4S. The van der Waals surface area contributed by atoms with Gasteiger partial charge in [0.25, 0.3) is 0 Å². The molecule has 1 heterocycles. The quantitative estimate of drug-likeness (QED) is 0.203. The van der Waals surface area contributed by atoms with E-state index in [1.807, 2.05) is 42.5 Å². The lowest BCUT2D eigenvalue weighted by Crippen LogP contribution is -2.12. The van der Waals surface area contributed by atoms with Gasteiger partial charge in [-0.2, -0.15) is 0 Å². The fraction of sp³-hybridized carbons (Fsp3) is 0.111. The lowest BCUT2D eigenvalue weighted by Gasteiger charge is -2.12. The summed E-state index contributed by atoms with van der Waals surface area (Å²) in [5, 5.41) is 11.3. The van der Waals surface area contributed by atoms with Crippen molar-refractivity contribution in [2.45, 2.75) is 13.5 Å². The molecule has 0 spiro atoms. The molecule has 3 aromatic rings. The van der Waals surface area contributed by atoms with Gasteiger partial charge in [-0.3, -0.25) is 0 Å². The van der Waals surface area contributed by atoms with E-state index < -0.39 is 5.97 Å². The molecule has 9 heteroatoms. The predicted molar refractivity (Wildman–Crippen MR) is 153 cm³/mol. The third-order valence-corrected chi connectivity index (χ3v) is 7.38. The van der Waals surface area contributed by atoms with Crippen LogP contribution in [-0.4, -0.2) is 22.7 Å². The highest BCUT2D eigenvalue weighted by atomic mass is 127. The monoisotopic (exact) mass is 679 g/mol. The van der Waals surface area contributed by atoms with Crippen molar-refractivity contribution in [1.82, 2.24) is 0 Å². The van der Waals surface area contributed by atoms with Crippen LogP contribution < -0.4 is 4.74 Å². The van der Waals surface area contributed by atoms with Gasteiger partial charge in [-0.05, 0) is 99.0 Å². The maximum absolute atomic E-state index is 13.1. The Morgan fingerprint density at radius 1 is 1.17 bits per heavy atom. The first-order valence-electron chi connectivity index (χ1n) is 10.9. The molecule has 0 saturated heterocycles. The number of rotatable bonds is 7. The van der Waals surface area contributed by atoms with Crippen molar-refractivity contribution in [3.63, 3.8) is 0 Å². The number of halogens is 3. The van der Waals surface area contributed by atoms with Crippen molar-refractivity contribution in [2.24, 2.45) is 4.99 Å². The van der Waals surface area contributed by atoms with Crippen LogP contribution in [0.2, 0.25) is 0 Å². The van der Waals surface area contributed by atoms with Gasteiger partial charge < -0.3 is 14.6 Å². The van der Waals surface area contributed by atoms with Gasteiger partial charge in [0.2, 0.25) is 0 Å². The summed E-state index contributed by atoms with van der Waals surface area (Å²) < 4.78 is 25.8. The zero-order chi connectivity index (χ0) is 25.7. The molecule has 0 radical (unpaired) electrons. The van der Waals surface area contributed by atoms with E-state index in [0.29, 0.717) is 21.4 Å². The second-order valence-corrected chi connectivity index (χ2v) is 10.6. The fourth-order valence-corrected chi connectivity index (χ4v) is 6.10. The lowest BCUT2D eigenvalue weighted by atomic mass is 10.1. The first-order valence-corrected chi connectivity index (χ1v) is 13.5. The van der Waals surface area contributed by atoms with Crippen LogP contribution in [0.5, 0.6) is 5.75 Å². The Bertz CT molecular complexity index is 1350. The summed E-state index contributed by atoms with van der Waals surface area (Å²) in [6, 6.07) is 19.1. The van der Waals surface area contributed by atoms with Gasteiger partial charge in [-0.1, -0.05) is 42.1 Å². The molecule has 0 aromatic heterocycles. The van der Waals surface area contributed by atoms with Gasteiger partial charge in [0.05, 0.1) is 25.2 Å². The Morgan fingerprint density at radius 3 is 2.56 bits per heavy atom. The first kappa shape index (κ1) is 26.4. The van der Waals surface area contributed by atoms with Crippen molar-refractivity contribution in [3.05, 3.63) is 108 Å². The van der Waals surface area contributed by atoms with Crippen LogP contribution >= 0.6 is 50.3 Å². The van der Waals surface area contributed by atoms with Crippen LogP contribution in [0.4, 0.5) is 10.1 Å². The number of aliphatic hydroxyl groups excluding tert-OH is 1. The van der Waals surface area contributed by atoms with Crippen LogP contribution in [0.3, 0.4) is 0 Å². The van der Waals surface area contributed by atoms with Crippen LogP contribution in [0, 0.1) is 9.39 Å². The Balaban J connectivity index is 1.62. The molecule has 0 bridgehead atoms. The zero-order valence-electron chi connectivity index (χ0n) is 19.0. The highest BCUT2D eigenvalue weighted by Gasteiger charge is 2.33. The zero-order valence-corrected chi connectivity index (χ0v) is 23.6. The van der Waals surface area contributed by atoms with Crippen molar-refractivity contribution in [3.8, 4) is 5.75 Å². The van der Waals surface area contributed by atoms with Gasteiger partial charge in [0.15, 0.2) is 0 Å². The van der Waals surface area contributed by atoms with Crippen molar-refractivity contribution < 1.29 is 23.8 Å². The molecule has 1 aliphatic heterocycles. The second-order valence-electron chi connectivity index (χ2n) is 7.54. The summed E-state index contributed by atoms with van der Waals surface area (Å²) in [5.41, 5.74) is 2.35. The molecule has 3 aromatic carbocycles. The van der Waals surface area contributed by atoms with Crippen molar-refractivity contribution >= 4 is 73.1 Å². The summed E-state index contributed by atoms with van der Waals surface area (Å²) in [7, 11) is 0. The number of esters is 1. The summed E-state index contributed by atoms with van der Waals surface area (Å²) in [6.45, 7) is 2.18. The van der Waals surface area contributed by atoms with E-state index >= 15 is 0 Å². The van der Waals surface area contributed by atoms with Gasteiger partial charge in [-0.25, -0.2) is 14.2 Å². The molecule has 0 fully saturated rings. The summed E-state index contributed by atoms with van der Waals surface area (Å²) >= 11 is 6.94. The number of aliphatic hydroxyl groups is 1. The van der Waals surface area contributed by atoms with Crippen LogP contribution in [0.1, 0.15) is 18.1 Å². The first-order chi connectivity index (χ1) is 17.4. The highest BCUT2D eigenvalue weighted by Crippen LogP contribution is 2.41. The number of carbonyl (C=O) groups is 1. The van der Waals surface area contributed by atoms with Gasteiger partial charge in [-0.15, -0.1) is 0 Å². The van der Waals surface area contributed by atoms with E-state index in [1.165, 1.54) is 23.9 Å². The molecule has 5 nitrogen and oxygen atoms in total. The van der Waals surface area contributed by atoms with Gasteiger partial charge in [0.1, 0.15) is 34.5 Å². The molecule has 0 atom stereocenters. The lowest BCUT2D eigenvalue weighted by molar-refractivity contribution is -0.138. The second kappa shape index (κ2) is 12.1. The van der Waals surface area contributed by atoms with Gasteiger partial charge in [0, 0.05) is 0 Å². The van der Waals surface area contributed by atoms with E-state index in [2.05, 4.69) is 43.5 Å². The average molecular weight is 680 g/mol. The minimum Gasteiger partial charge on any atom is -0.506 e. The molecule has 0 unspecified atom stereocenters. The number of ether oxygens (including phenoxy) is 2. The van der Waals surface area contributed by atoms with Crippen molar-refractivity contribution in [1.29, 1.82) is 0 Å². The smallest absolute Gasteiger partial charge is 0.344 e. The van der Waals surface area contributed by atoms with Crippen LogP contribution in [0.25, 0.3) is 6.08 Å². The third kappa shape index (κ3) is 6.37. The fourth-order valence-electron chi connectivity index (χ4n) is 3.30. The molecule has 184 valence electrons. The van der Waals surface area contributed by atoms with E-state index in [4.69, 9.17) is 9.47 Å². The van der Waals surface area contributed by atoms with E-state index in [9.17, 15) is 14.3 Å². The number of hydrogen-bond donors (Lipinski definition) is 1. The van der Waals surface area contributed by atoms with Crippen LogP contribution in [0.15, 0.2) is 92.4 Å². The minimum atomic E-state index is -0.624. The number of benzene rings is 3. The predicted octanol–water partition coefficient (Wildman–Crippen LogP) is 7.96. The summed E-state index contributed by atoms with van der Waals surface area (Å²) in [4.78, 5) is 17.6. The summed E-state index contributed by atoms with van der Waals surface area (Å²) in [6.07, 6.45) is 1.78. The number of hydrogen-bond acceptors (Lipinski definition) is 6. The standard InChI is InChI=1S/C27H20BrFINO4S/c1-2-34-27(33)23-24(32)22(36-26(23)31-19-6-4-3-5-7-19)14-17-12-20(28)25(21(30)13-17)35-15-16-8-10-18(29)11-9-16/h3-14,32H,2,15H2,1H3/b22-14-,31-26?. The molecule has 1 N–H and O–H groups in total. The molecular weight excluding hydrogens is 660 g/mol. The minimum absolute atomic E-state index is 0.0463. The number of carbonyl (C=O) groups excluding carboxylic acids is 1. The van der Waals surface area contributed by atoms with E-state index in [0.717, 1.165) is 19.2 Å². The Hall–Kier alpha value is -2.63. The van der Waals surface area contributed by atoms with E-state index in [-0.39, 0.29) is 30.4 Å². The third-order valence-electron chi connectivity index (χ3n) is 4.97. The molecule has 36 heavy (non-hydrogen) atoms. The molecule has 1 aliphatic rings. The Kier molecular flexibility index (Phi) is 8.86. The molecule has 0 saturated carbocycles. The van der Waals surface area contributed by atoms with Crippen LogP contribution in [-0.2, 0) is 16.1 Å². The topological polar surface area (TPSA) is 68.1 Å². The summed E-state index contributed by atoms with van der Waals surface area (Å²) in [5.74, 6) is -0.437. The SMILES string of the molecule is CCOC(=O)C1=C(O)/C(=C/c2cc(Br)c(OCc3ccc(F)cc3)c(I)c2)SC1=Nc1ccccc1. The number of nitrogens with zero attached hydrogens (tertiary/aromatic N) is 1. The maximum atomic E-state index is 13.1. The Morgan fingerprint density at radius 2 is 1.89 bits per heavy atom. The molecule has 0 amide bonds. The average Bonchev–Trinajstić information content (AvgIpc) is 3.14. The number of aliphatic imine (C=N–C) groups is 1. The Labute approximate surface area is 234 Å². The van der Waals surface area contributed by atoms with Gasteiger partial charge >= 0.3 is 5.97 Å².